The average Bonchev–Trinajstić information content (AvgIpc) is 3.69. The van der Waals surface area contributed by atoms with Gasteiger partial charge in [0.25, 0.3) is 0 Å². The molecule has 0 aliphatic carbocycles. The molecule has 0 amide bonds. The summed E-state index contributed by atoms with van der Waals surface area (Å²) in [6.07, 6.45) is 10.3. The normalized spacial score (nSPS) is 26.3. The van der Waals surface area contributed by atoms with E-state index < -0.39 is 10.0 Å². The van der Waals surface area contributed by atoms with Crippen molar-refractivity contribution in [2.45, 2.75) is 69.1 Å². The number of para-hydroxylation sites is 1. The number of esters is 1. The Morgan fingerprint density at radius 1 is 0.936 bits per heavy atom. The molecule has 5 aliphatic rings. The van der Waals surface area contributed by atoms with Gasteiger partial charge in [0, 0.05) is 65.0 Å². The number of carbonyl (C=O) groups is 2. The molecule has 5 aliphatic heterocycles. The van der Waals surface area contributed by atoms with Crippen LogP contribution in [0.1, 0.15) is 65.9 Å². The number of Topliss-reactive ketones (excluding diaryl/α,β-unsaturated/α-hetero) is 1. The molecule has 2 aromatic heterocycles. The van der Waals surface area contributed by atoms with Crippen molar-refractivity contribution in [2.75, 3.05) is 39.5 Å². The number of H-pyrrole nitrogens is 2. The van der Waals surface area contributed by atoms with Gasteiger partial charge < -0.3 is 19.6 Å². The van der Waals surface area contributed by atoms with Gasteiger partial charge in [-0.05, 0) is 94.5 Å². The number of ether oxygens (including phenoxy) is 1. The summed E-state index contributed by atoms with van der Waals surface area (Å²) >= 11 is 0. The highest BCUT2D eigenvalue weighted by molar-refractivity contribution is 7.89. The monoisotopic (exact) mass is 659 g/mol. The van der Waals surface area contributed by atoms with Crippen LogP contribution in [-0.4, -0.2) is 97.6 Å². The van der Waals surface area contributed by atoms with E-state index in [1.54, 1.807) is 6.20 Å². The zero-order valence-electron chi connectivity index (χ0n) is 27.2. The van der Waals surface area contributed by atoms with Gasteiger partial charge in [0.15, 0.2) is 0 Å². The Morgan fingerprint density at radius 2 is 1.64 bits per heavy atom. The summed E-state index contributed by atoms with van der Waals surface area (Å²) in [6, 6.07) is 14.8. The largest absolute Gasteiger partial charge is 0.459 e. The molecule has 5 atom stereocenters. The first kappa shape index (κ1) is 32.1. The van der Waals surface area contributed by atoms with E-state index in [-0.39, 0.29) is 23.7 Å². The third-order valence-electron chi connectivity index (χ3n) is 10.9. The molecule has 0 spiro atoms. The summed E-state index contributed by atoms with van der Waals surface area (Å²) in [6.45, 7) is 2.87. The lowest BCUT2D eigenvalue weighted by Gasteiger charge is -2.54. The van der Waals surface area contributed by atoms with Crippen LogP contribution in [0.3, 0.4) is 0 Å². The van der Waals surface area contributed by atoms with Crippen molar-refractivity contribution in [1.82, 2.24) is 24.5 Å². The van der Waals surface area contributed by atoms with Crippen LogP contribution in [0.2, 0.25) is 0 Å². The lowest BCUT2D eigenvalue weighted by atomic mass is 9.72. The molecule has 3 N–H and O–H groups in total. The number of carbonyl (C=O) groups excluding carboxylic acids is 2. The number of aromatic nitrogens is 2. The molecule has 4 bridgehead atoms. The molecule has 4 aromatic rings. The van der Waals surface area contributed by atoms with Crippen LogP contribution in [0.5, 0.6) is 0 Å². The Labute approximate surface area is 276 Å². The number of nitrogens with one attached hydrogen (secondary N) is 3. The van der Waals surface area contributed by atoms with Gasteiger partial charge in [-0.3, -0.25) is 9.69 Å². The van der Waals surface area contributed by atoms with E-state index in [9.17, 15) is 18.0 Å². The van der Waals surface area contributed by atoms with Gasteiger partial charge in [0.1, 0.15) is 11.9 Å². The molecular formula is C36H45N5O5S. The van der Waals surface area contributed by atoms with Crippen LogP contribution in [0.4, 0.5) is 0 Å². The second-order valence-electron chi connectivity index (χ2n) is 13.8. The number of hydrogen-bond acceptors (Lipinski definition) is 7. The number of nitrogens with zero attached hydrogens (tertiary/aromatic N) is 2. The molecule has 9 rings (SSSR count). The molecular weight excluding hydrogens is 614 g/mol. The number of benzene rings is 2. The maximum atomic E-state index is 12.6. The second kappa shape index (κ2) is 13.2. The van der Waals surface area contributed by atoms with Crippen molar-refractivity contribution in [1.29, 1.82) is 0 Å². The van der Waals surface area contributed by atoms with Crippen LogP contribution in [0, 0.1) is 5.92 Å². The fourth-order valence-corrected chi connectivity index (χ4v) is 8.94. The number of hydrogen-bond donors (Lipinski definition) is 3. The van der Waals surface area contributed by atoms with Crippen molar-refractivity contribution < 1.29 is 22.7 Å². The lowest BCUT2D eigenvalue weighted by Crippen LogP contribution is -2.63. The van der Waals surface area contributed by atoms with Crippen LogP contribution < -0.4 is 4.72 Å². The van der Waals surface area contributed by atoms with E-state index in [0.717, 1.165) is 60.8 Å². The van der Waals surface area contributed by atoms with Crippen molar-refractivity contribution in [3.05, 3.63) is 71.5 Å². The number of rotatable bonds is 7. The molecule has 10 nitrogen and oxygen atoms in total. The second-order valence-corrected chi connectivity index (χ2v) is 15.9. The summed E-state index contributed by atoms with van der Waals surface area (Å²) in [5, 5.41) is 2.16. The van der Waals surface area contributed by atoms with E-state index in [1.165, 1.54) is 30.8 Å². The van der Waals surface area contributed by atoms with Crippen LogP contribution in [-0.2, 0) is 26.0 Å². The Hall–Kier alpha value is -3.51. The molecule has 0 saturated carbocycles. The van der Waals surface area contributed by atoms with Gasteiger partial charge in [-0.1, -0.05) is 24.3 Å². The van der Waals surface area contributed by atoms with E-state index in [2.05, 4.69) is 49.9 Å². The van der Waals surface area contributed by atoms with Gasteiger partial charge in [-0.25, -0.2) is 17.9 Å². The quantitative estimate of drug-likeness (QED) is 0.248. The SMILES string of the molecule is CNS(=O)(=O)CCc1ccc2[nH]cc(C3CCN(C)CC3)c2c1.O=C(OC1C[C@@H]2CC3C[C@H](C1)N2CC3=O)c1c[nH]c2ccccc12. The minimum absolute atomic E-state index is 0.0356. The van der Waals surface area contributed by atoms with Gasteiger partial charge in [-0.2, -0.15) is 0 Å². The minimum Gasteiger partial charge on any atom is -0.459 e. The van der Waals surface area contributed by atoms with E-state index in [0.29, 0.717) is 42.3 Å². The Balaban J connectivity index is 0.000000150. The predicted octanol–water partition coefficient (Wildman–Crippen LogP) is 4.59. The van der Waals surface area contributed by atoms with Crippen LogP contribution >= 0.6 is 0 Å². The summed E-state index contributed by atoms with van der Waals surface area (Å²) in [4.78, 5) is 35.7. The number of ketones is 1. The predicted molar refractivity (Wildman–Crippen MR) is 183 cm³/mol. The number of sulfonamides is 1. The number of likely N-dealkylation sites (tertiary alicyclic amines) is 1. The maximum Gasteiger partial charge on any atom is 0.340 e. The molecule has 250 valence electrons. The zero-order chi connectivity index (χ0) is 32.7. The molecule has 5 saturated heterocycles. The lowest BCUT2D eigenvalue weighted by molar-refractivity contribution is -0.145. The molecule has 11 heteroatoms. The van der Waals surface area contributed by atoms with Crippen molar-refractivity contribution >= 4 is 43.6 Å². The summed E-state index contributed by atoms with van der Waals surface area (Å²) in [7, 11) is 0.476. The standard InChI is InChI=1S/C19H20N2O3.C17H25N3O2S/c22-18-10-21-12-5-11(18)6-13(21)8-14(7-12)24-19(23)16-9-20-17-4-2-1-3-15(16)17;1-18-23(21,22)10-7-13-3-4-17-15(11-13)16(12-19-17)14-5-8-20(2)9-6-14/h1-4,9,11-14,20H,5-8,10H2;3-4,11-12,14,18-19H,5-10H2,1-2H3/t11?,12-,13+,14?;. The Bertz CT molecular complexity index is 1860. The molecule has 47 heavy (non-hydrogen) atoms. The molecule has 3 unspecified atom stereocenters. The minimum atomic E-state index is -3.16. The average molecular weight is 660 g/mol. The van der Waals surface area contributed by atoms with Crippen molar-refractivity contribution in [2.24, 2.45) is 5.92 Å². The first-order valence-electron chi connectivity index (χ1n) is 16.9. The van der Waals surface area contributed by atoms with Gasteiger partial charge >= 0.3 is 5.97 Å². The fraction of sp³-hybridized carbons (Fsp3) is 0.500. The van der Waals surface area contributed by atoms with E-state index in [1.807, 2.05) is 30.3 Å². The highest BCUT2D eigenvalue weighted by atomic mass is 32.2. The highest BCUT2D eigenvalue weighted by Gasteiger charge is 2.49. The number of fused-ring (bicyclic) bond motifs is 3. The molecule has 5 fully saturated rings. The summed E-state index contributed by atoms with van der Waals surface area (Å²) in [5.41, 5.74) is 5.15. The van der Waals surface area contributed by atoms with Crippen LogP contribution in [0.15, 0.2) is 54.9 Å². The third-order valence-corrected chi connectivity index (χ3v) is 12.3. The molecule has 0 radical (unpaired) electrons. The highest BCUT2D eigenvalue weighted by Crippen LogP contribution is 2.42. The van der Waals surface area contributed by atoms with E-state index >= 15 is 0 Å². The number of aromatic amines is 2. The summed E-state index contributed by atoms with van der Waals surface area (Å²) < 4.78 is 31.4. The van der Waals surface area contributed by atoms with Crippen molar-refractivity contribution in [3.63, 3.8) is 0 Å². The van der Waals surface area contributed by atoms with Crippen molar-refractivity contribution in [3.8, 4) is 0 Å². The van der Waals surface area contributed by atoms with E-state index in [4.69, 9.17) is 4.74 Å². The topological polar surface area (TPSA) is 128 Å². The maximum absolute atomic E-state index is 12.6. The fourth-order valence-electron chi connectivity index (χ4n) is 8.23. The number of piperidine rings is 5. The van der Waals surface area contributed by atoms with Gasteiger partial charge in [-0.15, -0.1) is 0 Å². The molecule has 2 aromatic carbocycles. The summed E-state index contributed by atoms with van der Waals surface area (Å²) in [5.74, 6) is 1.13. The third kappa shape index (κ3) is 6.76. The Morgan fingerprint density at radius 3 is 2.36 bits per heavy atom. The van der Waals surface area contributed by atoms with Crippen LogP contribution in [0.25, 0.3) is 21.8 Å². The number of aryl methyl sites for hydroxylation is 1. The first-order chi connectivity index (χ1) is 22.7. The van der Waals surface area contributed by atoms with Gasteiger partial charge in [0.05, 0.1) is 17.9 Å². The zero-order valence-corrected chi connectivity index (χ0v) is 28.0. The first-order valence-corrected chi connectivity index (χ1v) is 18.6. The smallest absolute Gasteiger partial charge is 0.340 e. The Kier molecular flexibility index (Phi) is 8.99. The molecule has 7 heterocycles. The van der Waals surface area contributed by atoms with Gasteiger partial charge in [0.2, 0.25) is 10.0 Å².